The van der Waals surface area contributed by atoms with Gasteiger partial charge in [0.05, 0.1) is 6.07 Å². The fourth-order valence-electron chi connectivity index (χ4n) is 2.81. The molecule has 1 aliphatic carbocycles. The smallest absolute Gasteiger partial charge is 0.237 e. The number of carbonyl (C=O) groups excluding carboxylic acids is 1. The van der Waals surface area contributed by atoms with E-state index in [4.69, 9.17) is 0 Å². The Morgan fingerprint density at radius 2 is 2.19 bits per heavy atom. The first-order valence-electron chi connectivity index (χ1n) is 7.58. The van der Waals surface area contributed by atoms with Crippen LogP contribution in [-0.2, 0) is 11.2 Å². The Balaban J connectivity index is 1.85. The highest BCUT2D eigenvalue weighted by Gasteiger charge is 2.28. The summed E-state index contributed by atoms with van der Waals surface area (Å²) in [6.07, 6.45) is 3.73. The Hall–Kier alpha value is -1.47. The van der Waals surface area contributed by atoms with Crippen molar-refractivity contribution in [3.8, 4) is 6.07 Å². The molecular weight excluding hydrogens is 280 g/mol. The third-order valence-electron chi connectivity index (χ3n) is 3.89. The molecule has 112 valence electrons. The molecule has 4 heteroatoms. The SMILES string of the molecule is CCSC1CCC(NC(=O)C(C#N)Cc2ccccc2)C1. The Morgan fingerprint density at radius 3 is 2.86 bits per heavy atom. The standard InChI is InChI=1S/C17H22N2OS/c1-2-21-16-9-8-15(11-16)19-17(20)14(12-18)10-13-6-4-3-5-7-13/h3-7,14-16H,2,8-11H2,1H3,(H,19,20). The zero-order chi connectivity index (χ0) is 15.1. The van der Waals surface area contributed by atoms with E-state index in [0.29, 0.717) is 11.7 Å². The van der Waals surface area contributed by atoms with Crippen molar-refractivity contribution in [2.45, 2.75) is 43.9 Å². The number of hydrogen-bond donors (Lipinski definition) is 1. The molecule has 0 radical (unpaired) electrons. The predicted octanol–water partition coefficient (Wildman–Crippen LogP) is 3.16. The highest BCUT2D eigenvalue weighted by Crippen LogP contribution is 2.29. The van der Waals surface area contributed by atoms with E-state index in [-0.39, 0.29) is 11.9 Å². The van der Waals surface area contributed by atoms with E-state index in [1.54, 1.807) is 0 Å². The molecule has 1 aliphatic rings. The van der Waals surface area contributed by atoms with E-state index in [1.165, 1.54) is 6.42 Å². The summed E-state index contributed by atoms with van der Waals surface area (Å²) in [6.45, 7) is 2.17. The van der Waals surface area contributed by atoms with Crippen molar-refractivity contribution in [2.24, 2.45) is 5.92 Å². The summed E-state index contributed by atoms with van der Waals surface area (Å²) in [7, 11) is 0. The summed E-state index contributed by atoms with van der Waals surface area (Å²) in [4.78, 5) is 12.3. The highest BCUT2D eigenvalue weighted by atomic mass is 32.2. The van der Waals surface area contributed by atoms with Gasteiger partial charge in [0.2, 0.25) is 5.91 Å². The lowest BCUT2D eigenvalue weighted by atomic mass is 9.99. The molecule has 0 aliphatic heterocycles. The molecule has 0 saturated heterocycles. The van der Waals surface area contributed by atoms with Crippen LogP contribution in [0.3, 0.4) is 0 Å². The average Bonchev–Trinajstić information content (AvgIpc) is 2.93. The van der Waals surface area contributed by atoms with Crippen LogP contribution in [0.5, 0.6) is 0 Å². The minimum atomic E-state index is -0.592. The Morgan fingerprint density at radius 1 is 1.43 bits per heavy atom. The summed E-state index contributed by atoms with van der Waals surface area (Å²) in [5.74, 6) is 0.416. The quantitative estimate of drug-likeness (QED) is 0.878. The van der Waals surface area contributed by atoms with Crippen molar-refractivity contribution >= 4 is 17.7 Å². The normalized spacial score (nSPS) is 22.5. The topological polar surface area (TPSA) is 52.9 Å². The Kier molecular flexibility index (Phi) is 6.13. The minimum Gasteiger partial charge on any atom is -0.352 e. The van der Waals surface area contributed by atoms with Crippen molar-refractivity contribution in [1.29, 1.82) is 5.26 Å². The first-order valence-corrected chi connectivity index (χ1v) is 8.63. The number of benzene rings is 1. The van der Waals surface area contributed by atoms with E-state index < -0.39 is 5.92 Å². The van der Waals surface area contributed by atoms with Crippen LogP contribution >= 0.6 is 11.8 Å². The minimum absolute atomic E-state index is 0.117. The van der Waals surface area contributed by atoms with Crippen LogP contribution in [-0.4, -0.2) is 23.0 Å². The van der Waals surface area contributed by atoms with Gasteiger partial charge in [-0.15, -0.1) is 0 Å². The first kappa shape index (κ1) is 15.9. The van der Waals surface area contributed by atoms with Crippen molar-refractivity contribution in [1.82, 2.24) is 5.32 Å². The molecule has 1 fully saturated rings. The fourth-order valence-corrected chi connectivity index (χ4v) is 3.95. The molecule has 21 heavy (non-hydrogen) atoms. The first-order chi connectivity index (χ1) is 10.2. The monoisotopic (exact) mass is 302 g/mol. The van der Waals surface area contributed by atoms with Crippen LogP contribution in [0.4, 0.5) is 0 Å². The maximum atomic E-state index is 12.3. The van der Waals surface area contributed by atoms with E-state index in [0.717, 1.165) is 24.2 Å². The second-order valence-corrected chi connectivity index (χ2v) is 7.04. The summed E-state index contributed by atoms with van der Waals surface area (Å²) in [5, 5.41) is 13.0. The van der Waals surface area contributed by atoms with E-state index in [2.05, 4.69) is 18.3 Å². The van der Waals surface area contributed by atoms with Crippen LogP contribution < -0.4 is 5.32 Å². The molecule has 0 bridgehead atoms. The van der Waals surface area contributed by atoms with Gasteiger partial charge >= 0.3 is 0 Å². The average molecular weight is 302 g/mol. The lowest BCUT2D eigenvalue weighted by molar-refractivity contribution is -0.124. The van der Waals surface area contributed by atoms with Gasteiger partial charge in [0.25, 0.3) is 0 Å². The Bertz CT molecular complexity index is 497. The predicted molar refractivity (Wildman–Crippen MR) is 87.0 cm³/mol. The van der Waals surface area contributed by atoms with Gasteiger partial charge in [-0.1, -0.05) is 37.3 Å². The summed E-state index contributed by atoms with van der Waals surface area (Å²) < 4.78 is 0. The largest absolute Gasteiger partial charge is 0.352 e. The van der Waals surface area contributed by atoms with Crippen LogP contribution in [0.25, 0.3) is 0 Å². The van der Waals surface area contributed by atoms with E-state index >= 15 is 0 Å². The molecule has 3 atom stereocenters. The molecule has 1 amide bonds. The van der Waals surface area contributed by atoms with Crippen molar-refractivity contribution in [3.63, 3.8) is 0 Å². The number of carbonyl (C=O) groups is 1. The number of nitrogens with zero attached hydrogens (tertiary/aromatic N) is 1. The molecule has 3 nitrogen and oxygen atoms in total. The molecule has 0 aromatic heterocycles. The summed E-state index contributed by atoms with van der Waals surface area (Å²) in [5.41, 5.74) is 1.03. The van der Waals surface area contributed by atoms with Gasteiger partial charge < -0.3 is 5.32 Å². The lowest BCUT2D eigenvalue weighted by Crippen LogP contribution is -2.38. The number of nitrogens with one attached hydrogen (secondary N) is 1. The van der Waals surface area contributed by atoms with Gasteiger partial charge in [0, 0.05) is 11.3 Å². The molecule has 1 aromatic carbocycles. The van der Waals surface area contributed by atoms with Gasteiger partial charge in [-0.05, 0) is 37.0 Å². The molecular formula is C17H22N2OS. The lowest BCUT2D eigenvalue weighted by Gasteiger charge is -2.16. The van der Waals surface area contributed by atoms with E-state index in [1.807, 2.05) is 42.1 Å². The second kappa shape index (κ2) is 8.09. The summed E-state index contributed by atoms with van der Waals surface area (Å²) in [6, 6.07) is 12.1. The molecule has 0 heterocycles. The van der Waals surface area contributed by atoms with Crippen LogP contribution in [0, 0.1) is 17.2 Å². The highest BCUT2D eigenvalue weighted by molar-refractivity contribution is 7.99. The zero-order valence-corrected chi connectivity index (χ0v) is 13.2. The van der Waals surface area contributed by atoms with Crippen molar-refractivity contribution in [2.75, 3.05) is 5.75 Å². The fraction of sp³-hybridized carbons (Fsp3) is 0.529. The van der Waals surface area contributed by atoms with Gasteiger partial charge in [0.15, 0.2) is 0 Å². The molecule has 1 N–H and O–H groups in total. The van der Waals surface area contributed by atoms with Gasteiger partial charge in [-0.2, -0.15) is 17.0 Å². The summed E-state index contributed by atoms with van der Waals surface area (Å²) >= 11 is 1.97. The molecule has 2 rings (SSSR count). The zero-order valence-electron chi connectivity index (χ0n) is 12.4. The van der Waals surface area contributed by atoms with E-state index in [9.17, 15) is 10.1 Å². The molecule has 1 aromatic rings. The van der Waals surface area contributed by atoms with Gasteiger partial charge in [-0.3, -0.25) is 4.79 Å². The maximum Gasteiger partial charge on any atom is 0.237 e. The van der Waals surface area contributed by atoms with Gasteiger partial charge in [-0.25, -0.2) is 0 Å². The second-order valence-electron chi connectivity index (χ2n) is 5.47. The number of thioether (sulfide) groups is 1. The molecule has 1 saturated carbocycles. The third kappa shape index (κ3) is 4.78. The molecule has 3 unspecified atom stereocenters. The van der Waals surface area contributed by atoms with Crippen molar-refractivity contribution in [3.05, 3.63) is 35.9 Å². The van der Waals surface area contributed by atoms with Crippen LogP contribution in [0.1, 0.15) is 31.7 Å². The number of amides is 1. The number of hydrogen-bond acceptors (Lipinski definition) is 3. The molecule has 0 spiro atoms. The van der Waals surface area contributed by atoms with Crippen LogP contribution in [0.15, 0.2) is 30.3 Å². The van der Waals surface area contributed by atoms with Crippen molar-refractivity contribution < 1.29 is 4.79 Å². The number of rotatable bonds is 6. The van der Waals surface area contributed by atoms with Crippen LogP contribution in [0.2, 0.25) is 0 Å². The number of nitriles is 1. The maximum absolute atomic E-state index is 12.3. The van der Waals surface area contributed by atoms with Gasteiger partial charge in [0.1, 0.15) is 5.92 Å². The Labute approximate surface area is 131 Å². The third-order valence-corrected chi connectivity index (χ3v) is 5.12.